The number of fused-ring (bicyclic) bond motifs is 5. The van der Waals surface area contributed by atoms with Gasteiger partial charge in [-0.05, 0) is 25.5 Å². The summed E-state index contributed by atoms with van der Waals surface area (Å²) in [5.41, 5.74) is 2.05. The van der Waals surface area contributed by atoms with Crippen LogP contribution in [0.4, 0.5) is 0 Å². The number of hydrogen-bond donors (Lipinski definition) is 0. The molecule has 4 nitrogen and oxygen atoms in total. The normalized spacial score (nSPS) is 28.1. The molecule has 0 radical (unpaired) electrons. The van der Waals surface area contributed by atoms with Crippen molar-refractivity contribution in [2.24, 2.45) is 5.92 Å². The minimum absolute atomic E-state index is 0.0380. The highest BCUT2D eigenvalue weighted by atomic mass is 16.5. The summed E-state index contributed by atoms with van der Waals surface area (Å²) < 4.78 is 16.7. The molecule has 0 aromatic heterocycles. The Hall–Kier alpha value is -1.55. The van der Waals surface area contributed by atoms with E-state index < -0.39 is 0 Å². The Morgan fingerprint density at radius 3 is 2.39 bits per heavy atom. The molecule has 4 heteroatoms. The number of ether oxygens (including phenoxy) is 3. The zero-order valence-corrected chi connectivity index (χ0v) is 10.7. The SMILES string of the molecule is COc1ccc(OC)c2c1[C@H]1O[C@@H]2C[C@H]1C(C)=O. The zero-order chi connectivity index (χ0) is 12.9. The van der Waals surface area contributed by atoms with Crippen LogP contribution in [-0.4, -0.2) is 20.0 Å². The summed E-state index contributed by atoms with van der Waals surface area (Å²) in [6.07, 6.45) is 0.535. The van der Waals surface area contributed by atoms with E-state index in [9.17, 15) is 4.79 Å². The summed E-state index contributed by atoms with van der Waals surface area (Å²) >= 11 is 0. The molecule has 0 N–H and O–H groups in total. The van der Waals surface area contributed by atoms with Gasteiger partial charge in [0.05, 0.1) is 32.3 Å². The second kappa shape index (κ2) is 3.99. The smallest absolute Gasteiger partial charge is 0.135 e. The van der Waals surface area contributed by atoms with Gasteiger partial charge in [-0.15, -0.1) is 0 Å². The van der Waals surface area contributed by atoms with Gasteiger partial charge in [-0.1, -0.05) is 0 Å². The van der Waals surface area contributed by atoms with Crippen molar-refractivity contribution < 1.29 is 19.0 Å². The average Bonchev–Trinajstić information content (AvgIpc) is 2.96. The average molecular weight is 248 g/mol. The molecule has 3 rings (SSSR count). The van der Waals surface area contributed by atoms with Crippen LogP contribution in [0.5, 0.6) is 11.5 Å². The molecule has 3 atom stereocenters. The molecule has 1 aromatic rings. The quantitative estimate of drug-likeness (QED) is 0.824. The molecule has 2 bridgehead atoms. The number of carbonyl (C=O) groups is 1. The van der Waals surface area contributed by atoms with Gasteiger partial charge < -0.3 is 14.2 Å². The Kier molecular flexibility index (Phi) is 2.55. The lowest BCUT2D eigenvalue weighted by molar-refractivity contribution is -0.122. The van der Waals surface area contributed by atoms with Gasteiger partial charge in [-0.2, -0.15) is 0 Å². The second-order valence-electron chi connectivity index (χ2n) is 4.80. The molecule has 96 valence electrons. The number of methoxy groups -OCH3 is 2. The first kappa shape index (κ1) is 11.5. The molecule has 2 aliphatic heterocycles. The Morgan fingerprint density at radius 2 is 1.83 bits per heavy atom. The highest BCUT2D eigenvalue weighted by Crippen LogP contribution is 2.59. The van der Waals surface area contributed by atoms with E-state index in [1.165, 1.54) is 0 Å². The molecular formula is C14H16O4. The largest absolute Gasteiger partial charge is 0.496 e. The van der Waals surface area contributed by atoms with Gasteiger partial charge in [0.1, 0.15) is 17.3 Å². The van der Waals surface area contributed by atoms with Gasteiger partial charge in [0.2, 0.25) is 0 Å². The third-order valence-corrected chi connectivity index (χ3v) is 3.92. The Labute approximate surface area is 106 Å². The molecule has 2 heterocycles. The summed E-state index contributed by atoms with van der Waals surface area (Å²) in [5.74, 6) is 1.73. The standard InChI is InChI=1S/C14H16O4/c1-7(15)8-6-11-12-9(16-2)4-5-10(17-3)13(12)14(8)18-11/h4-5,8,11,14H,6H2,1-3H3/t8-,11+,14-/m0/s1. The first-order valence-corrected chi connectivity index (χ1v) is 6.08. The van der Waals surface area contributed by atoms with Crippen molar-refractivity contribution in [1.82, 2.24) is 0 Å². The topological polar surface area (TPSA) is 44.8 Å². The van der Waals surface area contributed by atoms with Crippen molar-refractivity contribution in [2.75, 3.05) is 14.2 Å². The number of Topliss-reactive ketones (excluding diaryl/α,β-unsaturated/α-hetero) is 1. The van der Waals surface area contributed by atoms with E-state index in [1.54, 1.807) is 21.1 Å². The molecule has 0 aliphatic carbocycles. The predicted molar refractivity (Wildman–Crippen MR) is 64.9 cm³/mol. The molecule has 0 unspecified atom stereocenters. The van der Waals surface area contributed by atoms with Crippen LogP contribution < -0.4 is 9.47 Å². The summed E-state index contributed by atoms with van der Waals surface area (Å²) in [7, 11) is 3.29. The van der Waals surface area contributed by atoms with E-state index in [4.69, 9.17) is 14.2 Å². The fourth-order valence-corrected chi connectivity index (χ4v) is 3.09. The van der Waals surface area contributed by atoms with Gasteiger partial charge in [-0.3, -0.25) is 4.79 Å². The highest BCUT2D eigenvalue weighted by molar-refractivity contribution is 5.80. The van der Waals surface area contributed by atoms with E-state index in [-0.39, 0.29) is 23.9 Å². The van der Waals surface area contributed by atoms with E-state index in [0.717, 1.165) is 29.0 Å². The lowest BCUT2D eigenvalue weighted by Gasteiger charge is -2.22. The van der Waals surface area contributed by atoms with Crippen molar-refractivity contribution in [3.8, 4) is 11.5 Å². The molecule has 18 heavy (non-hydrogen) atoms. The predicted octanol–water partition coefficient (Wildman–Crippen LogP) is 2.43. The Balaban J connectivity index is 2.14. The van der Waals surface area contributed by atoms with Crippen LogP contribution in [0.3, 0.4) is 0 Å². The van der Waals surface area contributed by atoms with Crippen molar-refractivity contribution in [3.63, 3.8) is 0 Å². The van der Waals surface area contributed by atoms with Crippen LogP contribution in [0.25, 0.3) is 0 Å². The van der Waals surface area contributed by atoms with Crippen LogP contribution in [0.2, 0.25) is 0 Å². The van der Waals surface area contributed by atoms with Gasteiger partial charge in [-0.25, -0.2) is 0 Å². The van der Waals surface area contributed by atoms with Gasteiger partial charge >= 0.3 is 0 Å². The maximum atomic E-state index is 11.6. The van der Waals surface area contributed by atoms with Crippen LogP contribution >= 0.6 is 0 Å². The highest BCUT2D eigenvalue weighted by Gasteiger charge is 2.50. The number of benzene rings is 1. The van der Waals surface area contributed by atoms with Gasteiger partial charge in [0.25, 0.3) is 0 Å². The Morgan fingerprint density at radius 1 is 1.22 bits per heavy atom. The maximum absolute atomic E-state index is 11.6. The molecule has 2 aliphatic rings. The molecular weight excluding hydrogens is 232 g/mol. The number of hydrogen-bond acceptors (Lipinski definition) is 4. The molecule has 0 spiro atoms. The minimum Gasteiger partial charge on any atom is -0.496 e. The molecule has 1 saturated heterocycles. The van der Waals surface area contributed by atoms with Crippen LogP contribution in [0.1, 0.15) is 36.7 Å². The Bertz CT molecular complexity index is 509. The van der Waals surface area contributed by atoms with E-state index in [0.29, 0.717) is 0 Å². The fourth-order valence-electron chi connectivity index (χ4n) is 3.09. The minimum atomic E-state index is -0.174. The number of carbonyl (C=O) groups excluding carboxylic acids is 1. The second-order valence-corrected chi connectivity index (χ2v) is 4.80. The first-order chi connectivity index (χ1) is 8.67. The summed E-state index contributed by atoms with van der Waals surface area (Å²) in [6, 6.07) is 3.77. The van der Waals surface area contributed by atoms with Crippen LogP contribution in [-0.2, 0) is 9.53 Å². The van der Waals surface area contributed by atoms with Crippen molar-refractivity contribution in [1.29, 1.82) is 0 Å². The van der Waals surface area contributed by atoms with Gasteiger partial charge in [0, 0.05) is 11.1 Å². The third-order valence-electron chi connectivity index (χ3n) is 3.92. The zero-order valence-electron chi connectivity index (χ0n) is 10.7. The molecule has 1 fully saturated rings. The van der Waals surface area contributed by atoms with Crippen LogP contribution in [0.15, 0.2) is 12.1 Å². The van der Waals surface area contributed by atoms with Crippen molar-refractivity contribution >= 4 is 5.78 Å². The fraction of sp³-hybridized carbons (Fsp3) is 0.500. The monoisotopic (exact) mass is 248 g/mol. The third kappa shape index (κ3) is 1.38. The van der Waals surface area contributed by atoms with Crippen molar-refractivity contribution in [3.05, 3.63) is 23.3 Å². The number of ketones is 1. The van der Waals surface area contributed by atoms with Crippen LogP contribution in [0, 0.1) is 5.92 Å². The lowest BCUT2D eigenvalue weighted by Crippen LogP contribution is -2.19. The van der Waals surface area contributed by atoms with Crippen molar-refractivity contribution in [2.45, 2.75) is 25.6 Å². The molecule has 0 saturated carbocycles. The number of rotatable bonds is 3. The first-order valence-electron chi connectivity index (χ1n) is 6.08. The van der Waals surface area contributed by atoms with Gasteiger partial charge in [0.15, 0.2) is 0 Å². The maximum Gasteiger partial charge on any atom is 0.135 e. The lowest BCUT2D eigenvalue weighted by atomic mass is 9.81. The summed E-state index contributed by atoms with van der Waals surface area (Å²) in [5, 5.41) is 0. The molecule has 0 amide bonds. The van der Waals surface area contributed by atoms with E-state index in [1.807, 2.05) is 12.1 Å². The van der Waals surface area contributed by atoms with E-state index in [2.05, 4.69) is 0 Å². The molecule has 1 aromatic carbocycles. The summed E-state index contributed by atoms with van der Waals surface area (Å²) in [6.45, 7) is 1.63. The van der Waals surface area contributed by atoms with E-state index >= 15 is 0 Å². The summed E-state index contributed by atoms with van der Waals surface area (Å²) in [4.78, 5) is 11.6.